The van der Waals surface area contributed by atoms with Gasteiger partial charge in [0, 0.05) is 33.2 Å². The largest absolute Gasteiger partial charge is 0.455 e. The van der Waals surface area contributed by atoms with Crippen LogP contribution in [0, 0.1) is 0 Å². The zero-order chi connectivity index (χ0) is 38.4. The van der Waals surface area contributed by atoms with E-state index in [-0.39, 0.29) is 0 Å². The summed E-state index contributed by atoms with van der Waals surface area (Å²) in [7, 11) is 0. The van der Waals surface area contributed by atoms with Gasteiger partial charge in [-0.1, -0.05) is 158 Å². The maximum absolute atomic E-state index is 6.48. The molecule has 3 aromatic heterocycles. The highest BCUT2D eigenvalue weighted by Gasteiger charge is 2.18. The molecule has 11 rings (SSSR count). The number of hydrogen-bond donors (Lipinski definition) is 0. The Morgan fingerprint density at radius 2 is 0.948 bits per heavy atom. The van der Waals surface area contributed by atoms with Crippen LogP contribution < -0.4 is 0 Å². The fraction of sp³-hybridized carbons (Fsp3) is 0. The first-order valence-corrected chi connectivity index (χ1v) is 19.4. The lowest BCUT2D eigenvalue weighted by Gasteiger charge is -2.12. The van der Waals surface area contributed by atoms with Crippen molar-refractivity contribution in [2.75, 3.05) is 0 Å². The molecule has 0 atom stereocenters. The molecule has 0 fully saturated rings. The molecule has 5 nitrogen and oxygen atoms in total. The molecule has 8 aromatic carbocycles. The monoisotopic (exact) mass is 742 g/mol. The van der Waals surface area contributed by atoms with Crippen LogP contribution in [0.15, 0.2) is 211 Å². The molecule has 5 heteroatoms. The zero-order valence-corrected chi connectivity index (χ0v) is 31.3. The van der Waals surface area contributed by atoms with E-state index in [4.69, 9.17) is 19.4 Å². The summed E-state index contributed by atoms with van der Waals surface area (Å²) in [5.74, 6) is 1.52. The Morgan fingerprint density at radius 1 is 0.379 bits per heavy atom. The molecule has 0 saturated heterocycles. The van der Waals surface area contributed by atoms with Crippen LogP contribution in [0.2, 0.25) is 0 Å². The number of imidazole rings is 1. The summed E-state index contributed by atoms with van der Waals surface area (Å²) < 4.78 is 8.71. The molecule has 0 unspecified atom stereocenters. The number of furan rings is 1. The van der Waals surface area contributed by atoms with E-state index < -0.39 is 0 Å². The van der Waals surface area contributed by atoms with Crippen molar-refractivity contribution in [1.29, 1.82) is 0 Å². The van der Waals surface area contributed by atoms with Gasteiger partial charge in [-0.3, -0.25) is 4.57 Å². The minimum atomic E-state index is 0.611. The van der Waals surface area contributed by atoms with E-state index >= 15 is 0 Å². The van der Waals surface area contributed by atoms with Gasteiger partial charge in [-0.25, -0.2) is 15.0 Å². The Balaban J connectivity index is 1.00. The highest BCUT2D eigenvalue weighted by atomic mass is 16.3. The zero-order valence-electron chi connectivity index (χ0n) is 31.3. The molecule has 0 bridgehead atoms. The standard InChI is InChI=1S/C53H34N4O/c1-3-13-35(14-4-1)36-25-29-38(30-26-36)47-34-48(55-52(54-47)45-21-12-20-44-43-19-7-10-24-50(43)58-51(44)45)41-16-11-15-40(33-41)37-27-31-39(32-28-37)53-56-46-22-8-9-23-49(46)57(53)42-17-5-2-6-18-42/h1-34H. The quantitative estimate of drug-likeness (QED) is 0.163. The fourth-order valence-electron chi connectivity index (χ4n) is 7.98. The highest BCUT2D eigenvalue weighted by molar-refractivity contribution is 6.09. The Morgan fingerprint density at radius 3 is 1.76 bits per heavy atom. The van der Waals surface area contributed by atoms with Crippen LogP contribution >= 0.6 is 0 Å². The Labute approximate surface area is 335 Å². The van der Waals surface area contributed by atoms with Gasteiger partial charge >= 0.3 is 0 Å². The number of para-hydroxylation sites is 5. The van der Waals surface area contributed by atoms with E-state index in [2.05, 4.69) is 174 Å². The van der Waals surface area contributed by atoms with Crippen LogP contribution in [0.5, 0.6) is 0 Å². The number of aromatic nitrogens is 4. The van der Waals surface area contributed by atoms with Gasteiger partial charge in [0.1, 0.15) is 17.0 Å². The van der Waals surface area contributed by atoms with Crippen LogP contribution in [-0.4, -0.2) is 19.5 Å². The average molecular weight is 743 g/mol. The minimum Gasteiger partial charge on any atom is -0.455 e. The van der Waals surface area contributed by atoms with Crippen molar-refractivity contribution in [3.63, 3.8) is 0 Å². The van der Waals surface area contributed by atoms with Gasteiger partial charge in [-0.2, -0.15) is 0 Å². The molecule has 0 aliphatic heterocycles. The summed E-state index contributed by atoms with van der Waals surface area (Å²) in [5, 5.41) is 2.11. The molecule has 11 aromatic rings. The second kappa shape index (κ2) is 14.0. The van der Waals surface area contributed by atoms with Gasteiger partial charge in [0.25, 0.3) is 0 Å². The predicted octanol–water partition coefficient (Wildman–Crippen LogP) is 13.7. The average Bonchev–Trinajstić information content (AvgIpc) is 3.89. The van der Waals surface area contributed by atoms with Crippen molar-refractivity contribution >= 4 is 33.0 Å². The lowest BCUT2D eigenvalue weighted by Crippen LogP contribution is -1.97. The van der Waals surface area contributed by atoms with Crippen LogP contribution in [0.3, 0.4) is 0 Å². The maximum Gasteiger partial charge on any atom is 0.164 e. The summed E-state index contributed by atoms with van der Waals surface area (Å²) >= 11 is 0. The molecule has 0 radical (unpaired) electrons. The summed E-state index contributed by atoms with van der Waals surface area (Å²) in [5.41, 5.74) is 14.8. The number of hydrogen-bond acceptors (Lipinski definition) is 4. The third-order valence-corrected chi connectivity index (χ3v) is 10.9. The van der Waals surface area contributed by atoms with Gasteiger partial charge < -0.3 is 4.42 Å². The number of nitrogens with zero attached hydrogens (tertiary/aromatic N) is 4. The number of fused-ring (bicyclic) bond motifs is 4. The van der Waals surface area contributed by atoms with Gasteiger partial charge in [-0.15, -0.1) is 0 Å². The highest BCUT2D eigenvalue weighted by Crippen LogP contribution is 2.37. The second-order valence-corrected chi connectivity index (χ2v) is 14.4. The van der Waals surface area contributed by atoms with Gasteiger partial charge in [0.05, 0.1) is 28.0 Å². The van der Waals surface area contributed by atoms with Crippen LogP contribution in [0.4, 0.5) is 0 Å². The number of rotatable bonds is 7. The first-order valence-electron chi connectivity index (χ1n) is 19.4. The topological polar surface area (TPSA) is 56.7 Å². The fourth-order valence-corrected chi connectivity index (χ4v) is 7.98. The number of benzene rings is 8. The Hall–Kier alpha value is -7.89. The predicted molar refractivity (Wildman–Crippen MR) is 237 cm³/mol. The third-order valence-electron chi connectivity index (χ3n) is 10.9. The van der Waals surface area contributed by atoms with Gasteiger partial charge in [0.15, 0.2) is 5.82 Å². The van der Waals surface area contributed by atoms with Crippen molar-refractivity contribution in [3.8, 4) is 73.2 Å². The second-order valence-electron chi connectivity index (χ2n) is 14.4. The first kappa shape index (κ1) is 33.4. The van der Waals surface area contributed by atoms with E-state index in [0.29, 0.717) is 5.82 Å². The molecule has 0 aliphatic rings. The Bertz CT molecular complexity index is 3260. The van der Waals surface area contributed by atoms with Gasteiger partial charge in [0.2, 0.25) is 0 Å². The van der Waals surface area contributed by atoms with Crippen LogP contribution in [-0.2, 0) is 0 Å². The third kappa shape index (κ3) is 5.94. The molecular weight excluding hydrogens is 709 g/mol. The van der Waals surface area contributed by atoms with Crippen molar-refractivity contribution in [2.45, 2.75) is 0 Å². The van der Waals surface area contributed by atoms with Crippen molar-refractivity contribution in [3.05, 3.63) is 206 Å². The molecular formula is C53H34N4O. The van der Waals surface area contributed by atoms with E-state index in [1.807, 2.05) is 36.4 Å². The van der Waals surface area contributed by atoms with E-state index in [0.717, 1.165) is 94.8 Å². The summed E-state index contributed by atoms with van der Waals surface area (Å²) in [6, 6.07) is 71.5. The summed E-state index contributed by atoms with van der Waals surface area (Å²) in [4.78, 5) is 15.5. The van der Waals surface area contributed by atoms with Gasteiger partial charge in [-0.05, 0) is 70.8 Å². The van der Waals surface area contributed by atoms with E-state index in [1.165, 1.54) is 5.56 Å². The molecule has 0 amide bonds. The van der Waals surface area contributed by atoms with Crippen molar-refractivity contribution < 1.29 is 4.42 Å². The SMILES string of the molecule is c1ccc(-c2ccc(-c3cc(-c4cccc(-c5ccc(-c6nc7ccccc7n6-c6ccccc6)cc5)c4)nc(-c4cccc5c4oc4ccccc45)n3)cc2)cc1. The van der Waals surface area contributed by atoms with Crippen molar-refractivity contribution in [2.24, 2.45) is 0 Å². The van der Waals surface area contributed by atoms with Crippen LogP contribution in [0.25, 0.3) is 106 Å². The molecule has 0 spiro atoms. The lowest BCUT2D eigenvalue weighted by atomic mass is 9.99. The molecule has 58 heavy (non-hydrogen) atoms. The smallest absolute Gasteiger partial charge is 0.164 e. The van der Waals surface area contributed by atoms with Crippen molar-refractivity contribution in [1.82, 2.24) is 19.5 Å². The summed E-state index contributed by atoms with van der Waals surface area (Å²) in [6.45, 7) is 0. The maximum atomic E-state index is 6.48. The molecule has 0 saturated carbocycles. The molecule has 272 valence electrons. The minimum absolute atomic E-state index is 0.611. The molecule has 0 aliphatic carbocycles. The van der Waals surface area contributed by atoms with Crippen LogP contribution in [0.1, 0.15) is 0 Å². The van der Waals surface area contributed by atoms with E-state index in [1.54, 1.807) is 0 Å². The molecule has 3 heterocycles. The summed E-state index contributed by atoms with van der Waals surface area (Å²) in [6.07, 6.45) is 0. The van der Waals surface area contributed by atoms with E-state index in [9.17, 15) is 0 Å². The normalized spacial score (nSPS) is 11.4. The lowest BCUT2D eigenvalue weighted by molar-refractivity contribution is 0.669. The Kier molecular flexibility index (Phi) is 8.07. The molecule has 0 N–H and O–H groups in total. The first-order chi connectivity index (χ1) is 28.7.